The summed E-state index contributed by atoms with van der Waals surface area (Å²) in [6, 6.07) is 4.13. The molecule has 0 saturated carbocycles. The number of β-amino-alcohol motifs (C(OH)–C–C–N with tert-alkyl or cyclic N) is 1. The van der Waals surface area contributed by atoms with Crippen LogP contribution in [0, 0.1) is 5.92 Å². The fourth-order valence-electron chi connectivity index (χ4n) is 2.84. The van der Waals surface area contributed by atoms with Crippen LogP contribution in [0.5, 0.6) is 0 Å². The van der Waals surface area contributed by atoms with Gasteiger partial charge >= 0.3 is 0 Å². The predicted molar refractivity (Wildman–Crippen MR) is 76.8 cm³/mol. The number of aliphatic hydroxyl groups is 1. The Kier molecular flexibility index (Phi) is 5.76. The molecule has 1 aliphatic rings. The summed E-state index contributed by atoms with van der Waals surface area (Å²) < 4.78 is 0. The third kappa shape index (κ3) is 4.90. The molecule has 19 heavy (non-hydrogen) atoms. The summed E-state index contributed by atoms with van der Waals surface area (Å²) in [5.41, 5.74) is 1.28. The molecule has 0 atom stereocenters. The number of hydrogen-bond donors (Lipinski definition) is 1. The second-order valence-corrected chi connectivity index (χ2v) is 5.57. The van der Waals surface area contributed by atoms with Crippen molar-refractivity contribution in [1.82, 2.24) is 14.8 Å². The van der Waals surface area contributed by atoms with E-state index in [1.54, 1.807) is 0 Å². The number of likely N-dealkylation sites (tertiary alicyclic amines) is 1. The second kappa shape index (κ2) is 7.58. The number of rotatable bonds is 6. The van der Waals surface area contributed by atoms with Crippen LogP contribution in [-0.2, 0) is 6.54 Å². The fourth-order valence-corrected chi connectivity index (χ4v) is 2.84. The number of aliphatic hydroxyl groups excluding tert-OH is 1. The minimum absolute atomic E-state index is 0.283. The smallest absolute Gasteiger partial charge is 0.0558 e. The minimum Gasteiger partial charge on any atom is -0.395 e. The third-order valence-corrected chi connectivity index (χ3v) is 3.87. The lowest BCUT2D eigenvalue weighted by Crippen LogP contribution is -2.38. The van der Waals surface area contributed by atoms with Gasteiger partial charge in [-0.3, -0.25) is 4.98 Å². The van der Waals surface area contributed by atoms with Crippen LogP contribution in [0.15, 0.2) is 24.5 Å². The lowest BCUT2D eigenvalue weighted by atomic mass is 9.96. The Morgan fingerprint density at radius 1 is 1.42 bits per heavy atom. The standard InChI is InChI=1S/C15H25N3O/c1-17(13-15-3-2-6-16-11-15)12-14-4-7-18(8-5-14)9-10-19/h2-3,6,11,14,19H,4-5,7-10,12-13H2,1H3. The molecular formula is C15H25N3O. The minimum atomic E-state index is 0.283. The first-order valence-electron chi connectivity index (χ1n) is 7.18. The molecule has 1 fully saturated rings. The van der Waals surface area contributed by atoms with Gasteiger partial charge in [-0.1, -0.05) is 6.07 Å². The summed E-state index contributed by atoms with van der Waals surface area (Å²) in [5, 5.41) is 8.94. The lowest BCUT2D eigenvalue weighted by molar-refractivity contribution is 0.129. The lowest BCUT2D eigenvalue weighted by Gasteiger charge is -2.33. The maximum atomic E-state index is 8.94. The molecule has 0 amide bonds. The highest BCUT2D eigenvalue weighted by Crippen LogP contribution is 2.18. The molecule has 0 unspecified atom stereocenters. The van der Waals surface area contributed by atoms with E-state index in [0.717, 1.165) is 38.6 Å². The van der Waals surface area contributed by atoms with Crippen molar-refractivity contribution in [2.45, 2.75) is 19.4 Å². The van der Waals surface area contributed by atoms with Crippen LogP contribution in [0.4, 0.5) is 0 Å². The number of hydrogen-bond acceptors (Lipinski definition) is 4. The topological polar surface area (TPSA) is 39.6 Å². The van der Waals surface area contributed by atoms with Crippen molar-refractivity contribution in [2.75, 3.05) is 39.8 Å². The number of nitrogens with zero attached hydrogens (tertiary/aromatic N) is 3. The molecule has 1 aromatic heterocycles. The van der Waals surface area contributed by atoms with Gasteiger partial charge in [0.25, 0.3) is 0 Å². The maximum absolute atomic E-state index is 8.94. The van der Waals surface area contributed by atoms with Crippen molar-refractivity contribution in [3.05, 3.63) is 30.1 Å². The van der Waals surface area contributed by atoms with Crippen molar-refractivity contribution >= 4 is 0 Å². The predicted octanol–water partition coefficient (Wildman–Crippen LogP) is 1.22. The largest absolute Gasteiger partial charge is 0.395 e. The van der Waals surface area contributed by atoms with E-state index < -0.39 is 0 Å². The molecule has 2 rings (SSSR count). The molecule has 0 bridgehead atoms. The molecule has 0 spiro atoms. The fraction of sp³-hybridized carbons (Fsp3) is 0.667. The molecule has 4 heteroatoms. The van der Waals surface area contributed by atoms with Crippen molar-refractivity contribution in [3.8, 4) is 0 Å². The Balaban J connectivity index is 1.70. The van der Waals surface area contributed by atoms with Gasteiger partial charge in [0, 0.05) is 32.0 Å². The summed E-state index contributed by atoms with van der Waals surface area (Å²) in [4.78, 5) is 8.91. The molecule has 0 aliphatic carbocycles. The quantitative estimate of drug-likeness (QED) is 0.837. The molecule has 0 radical (unpaired) electrons. The van der Waals surface area contributed by atoms with E-state index in [9.17, 15) is 0 Å². The molecule has 2 heterocycles. The van der Waals surface area contributed by atoms with E-state index in [2.05, 4.69) is 27.9 Å². The normalized spacial score (nSPS) is 18.1. The Morgan fingerprint density at radius 2 is 2.21 bits per heavy atom. The Hall–Kier alpha value is -0.970. The van der Waals surface area contributed by atoms with E-state index in [0.29, 0.717) is 0 Å². The van der Waals surface area contributed by atoms with Gasteiger partial charge in [-0.25, -0.2) is 0 Å². The van der Waals surface area contributed by atoms with Crippen LogP contribution < -0.4 is 0 Å². The highest BCUT2D eigenvalue weighted by atomic mass is 16.3. The van der Waals surface area contributed by atoms with E-state index >= 15 is 0 Å². The van der Waals surface area contributed by atoms with Gasteiger partial charge in [-0.15, -0.1) is 0 Å². The van der Waals surface area contributed by atoms with Crippen molar-refractivity contribution in [1.29, 1.82) is 0 Å². The molecule has 1 aliphatic heterocycles. The SMILES string of the molecule is CN(Cc1cccnc1)CC1CCN(CCO)CC1. The summed E-state index contributed by atoms with van der Waals surface area (Å²) in [6.45, 7) is 5.51. The van der Waals surface area contributed by atoms with E-state index in [4.69, 9.17) is 5.11 Å². The molecule has 0 aromatic carbocycles. The van der Waals surface area contributed by atoms with Gasteiger partial charge in [0.2, 0.25) is 0 Å². The Labute approximate surface area is 116 Å². The molecular weight excluding hydrogens is 238 g/mol. The van der Waals surface area contributed by atoms with Gasteiger partial charge in [-0.2, -0.15) is 0 Å². The molecule has 1 aromatic rings. The highest BCUT2D eigenvalue weighted by molar-refractivity contribution is 5.07. The van der Waals surface area contributed by atoms with Crippen molar-refractivity contribution in [2.24, 2.45) is 5.92 Å². The number of piperidine rings is 1. The summed E-state index contributed by atoms with van der Waals surface area (Å²) >= 11 is 0. The monoisotopic (exact) mass is 263 g/mol. The maximum Gasteiger partial charge on any atom is 0.0558 e. The van der Waals surface area contributed by atoms with Crippen LogP contribution in [0.1, 0.15) is 18.4 Å². The van der Waals surface area contributed by atoms with Gasteiger partial charge < -0.3 is 14.9 Å². The van der Waals surface area contributed by atoms with E-state index in [1.807, 2.05) is 18.5 Å². The van der Waals surface area contributed by atoms with Crippen LogP contribution in [0.2, 0.25) is 0 Å². The molecule has 1 saturated heterocycles. The number of aromatic nitrogens is 1. The zero-order valence-corrected chi connectivity index (χ0v) is 11.8. The molecule has 4 nitrogen and oxygen atoms in total. The van der Waals surface area contributed by atoms with Crippen LogP contribution >= 0.6 is 0 Å². The summed E-state index contributed by atoms with van der Waals surface area (Å²) in [7, 11) is 2.19. The van der Waals surface area contributed by atoms with E-state index in [-0.39, 0.29) is 6.61 Å². The second-order valence-electron chi connectivity index (χ2n) is 5.57. The zero-order chi connectivity index (χ0) is 13.5. The molecule has 1 N–H and O–H groups in total. The summed E-state index contributed by atoms with van der Waals surface area (Å²) in [6.07, 6.45) is 6.26. The van der Waals surface area contributed by atoms with Crippen LogP contribution in [0.3, 0.4) is 0 Å². The van der Waals surface area contributed by atoms with Gasteiger partial charge in [-0.05, 0) is 50.5 Å². The average Bonchev–Trinajstić information content (AvgIpc) is 2.42. The number of pyridine rings is 1. The zero-order valence-electron chi connectivity index (χ0n) is 11.8. The highest BCUT2D eigenvalue weighted by Gasteiger charge is 2.19. The Morgan fingerprint density at radius 3 is 2.84 bits per heavy atom. The molecule has 106 valence electrons. The van der Waals surface area contributed by atoms with Crippen molar-refractivity contribution < 1.29 is 5.11 Å². The van der Waals surface area contributed by atoms with Crippen LogP contribution in [-0.4, -0.2) is 59.7 Å². The van der Waals surface area contributed by atoms with Gasteiger partial charge in [0.1, 0.15) is 0 Å². The van der Waals surface area contributed by atoms with Crippen LogP contribution in [0.25, 0.3) is 0 Å². The van der Waals surface area contributed by atoms with Gasteiger partial charge in [0.05, 0.1) is 6.61 Å². The van der Waals surface area contributed by atoms with E-state index in [1.165, 1.54) is 18.4 Å². The Bertz CT molecular complexity index is 350. The first kappa shape index (κ1) is 14.4. The summed E-state index contributed by atoms with van der Waals surface area (Å²) in [5.74, 6) is 0.789. The van der Waals surface area contributed by atoms with Crippen molar-refractivity contribution in [3.63, 3.8) is 0 Å². The first-order chi connectivity index (χ1) is 9.28. The van der Waals surface area contributed by atoms with Gasteiger partial charge in [0.15, 0.2) is 0 Å². The first-order valence-corrected chi connectivity index (χ1v) is 7.18. The third-order valence-electron chi connectivity index (χ3n) is 3.87. The average molecular weight is 263 g/mol.